The minimum absolute atomic E-state index is 0.166. The number of hydrogen-bond donors (Lipinski definition) is 0. The molecule has 0 amide bonds. The molecule has 0 aliphatic heterocycles. The molecule has 0 saturated carbocycles. The predicted octanol–water partition coefficient (Wildman–Crippen LogP) is 1.59. The van der Waals surface area contributed by atoms with E-state index in [4.69, 9.17) is 0 Å². The molecule has 2 rings (SSSR count). The van der Waals surface area contributed by atoms with Gasteiger partial charge < -0.3 is 0 Å². The molecule has 0 aliphatic carbocycles. The first-order chi connectivity index (χ1) is 7.16. The molecular formula is C11H9FN2O. The molecule has 2 aromatic rings. The monoisotopic (exact) mass is 204 g/mol. The molecule has 3 nitrogen and oxygen atoms in total. The molecule has 1 aromatic heterocycles. The van der Waals surface area contributed by atoms with Crippen molar-refractivity contribution < 1.29 is 4.39 Å². The summed E-state index contributed by atoms with van der Waals surface area (Å²) in [6, 6.07) is 9.04. The zero-order chi connectivity index (χ0) is 10.8. The molecule has 0 atom stereocenters. The quantitative estimate of drug-likeness (QED) is 0.707. The van der Waals surface area contributed by atoms with Crippen LogP contribution in [0.1, 0.15) is 0 Å². The Hall–Kier alpha value is -1.97. The fraction of sp³-hybridized carbons (Fsp3) is 0.0909. The van der Waals surface area contributed by atoms with Gasteiger partial charge in [-0.2, -0.15) is 5.10 Å². The maximum atomic E-state index is 12.7. The third kappa shape index (κ3) is 1.93. The van der Waals surface area contributed by atoms with Crippen molar-refractivity contribution in [3.05, 3.63) is 52.6 Å². The topological polar surface area (TPSA) is 34.9 Å². The average Bonchev–Trinajstić information content (AvgIpc) is 2.23. The lowest BCUT2D eigenvalue weighted by atomic mass is 10.1. The van der Waals surface area contributed by atoms with Crippen LogP contribution >= 0.6 is 0 Å². The second-order valence-electron chi connectivity index (χ2n) is 3.19. The molecular weight excluding hydrogens is 195 g/mol. The number of aromatic nitrogens is 2. The maximum Gasteiger partial charge on any atom is 0.266 e. The minimum atomic E-state index is -0.288. The molecule has 1 aromatic carbocycles. The number of rotatable bonds is 1. The summed E-state index contributed by atoms with van der Waals surface area (Å²) in [7, 11) is 1.58. The lowest BCUT2D eigenvalue weighted by Gasteiger charge is -2.01. The zero-order valence-corrected chi connectivity index (χ0v) is 8.14. The fourth-order valence-electron chi connectivity index (χ4n) is 1.28. The Morgan fingerprint density at radius 1 is 1.13 bits per heavy atom. The highest BCUT2D eigenvalue weighted by atomic mass is 19.1. The van der Waals surface area contributed by atoms with Crippen LogP contribution < -0.4 is 5.56 Å². The van der Waals surface area contributed by atoms with Crippen molar-refractivity contribution in [2.45, 2.75) is 0 Å². The third-order valence-electron chi connectivity index (χ3n) is 2.10. The van der Waals surface area contributed by atoms with E-state index in [2.05, 4.69) is 5.10 Å². The molecule has 0 bridgehead atoms. The Balaban J connectivity index is 2.50. The molecule has 0 unspecified atom stereocenters. The van der Waals surface area contributed by atoms with Crippen LogP contribution in [-0.2, 0) is 7.05 Å². The van der Waals surface area contributed by atoms with E-state index >= 15 is 0 Å². The van der Waals surface area contributed by atoms with Gasteiger partial charge in [-0.3, -0.25) is 4.79 Å². The van der Waals surface area contributed by atoms with Crippen molar-refractivity contribution in [2.75, 3.05) is 0 Å². The van der Waals surface area contributed by atoms with Crippen LogP contribution in [0.2, 0.25) is 0 Å². The Kier molecular flexibility index (Phi) is 2.33. The van der Waals surface area contributed by atoms with Gasteiger partial charge in [-0.25, -0.2) is 9.07 Å². The average molecular weight is 204 g/mol. The highest BCUT2D eigenvalue weighted by Gasteiger charge is 2.00. The first-order valence-electron chi connectivity index (χ1n) is 4.47. The highest BCUT2D eigenvalue weighted by Crippen LogP contribution is 2.15. The van der Waals surface area contributed by atoms with Gasteiger partial charge in [0, 0.05) is 18.7 Å². The van der Waals surface area contributed by atoms with Crippen LogP contribution in [0.4, 0.5) is 4.39 Å². The van der Waals surface area contributed by atoms with Gasteiger partial charge in [0.05, 0.1) is 5.69 Å². The molecule has 4 heteroatoms. The molecule has 0 saturated heterocycles. The van der Waals surface area contributed by atoms with Crippen LogP contribution in [0, 0.1) is 5.82 Å². The second-order valence-corrected chi connectivity index (χ2v) is 3.19. The summed E-state index contributed by atoms with van der Waals surface area (Å²) in [5.41, 5.74) is 1.27. The van der Waals surface area contributed by atoms with Crippen LogP contribution in [0.5, 0.6) is 0 Å². The third-order valence-corrected chi connectivity index (χ3v) is 2.10. The summed E-state index contributed by atoms with van der Waals surface area (Å²) in [5.74, 6) is -0.288. The molecule has 0 spiro atoms. The normalized spacial score (nSPS) is 10.3. The molecule has 76 valence electrons. The Morgan fingerprint density at radius 2 is 1.80 bits per heavy atom. The fourth-order valence-corrected chi connectivity index (χ4v) is 1.28. The van der Waals surface area contributed by atoms with Crippen molar-refractivity contribution >= 4 is 0 Å². The number of benzene rings is 1. The minimum Gasteiger partial charge on any atom is -0.268 e. The van der Waals surface area contributed by atoms with Crippen molar-refractivity contribution in [3.63, 3.8) is 0 Å². The van der Waals surface area contributed by atoms with E-state index in [1.54, 1.807) is 25.2 Å². The van der Waals surface area contributed by atoms with Crippen LogP contribution in [-0.4, -0.2) is 9.78 Å². The van der Waals surface area contributed by atoms with Crippen molar-refractivity contribution in [2.24, 2.45) is 7.05 Å². The van der Waals surface area contributed by atoms with Gasteiger partial charge in [-0.1, -0.05) is 0 Å². The van der Waals surface area contributed by atoms with E-state index in [0.717, 1.165) is 5.56 Å². The van der Waals surface area contributed by atoms with Crippen molar-refractivity contribution in [1.82, 2.24) is 9.78 Å². The van der Waals surface area contributed by atoms with E-state index in [0.29, 0.717) is 5.69 Å². The van der Waals surface area contributed by atoms with Crippen LogP contribution in [0.25, 0.3) is 11.3 Å². The zero-order valence-electron chi connectivity index (χ0n) is 8.14. The summed E-state index contributed by atoms with van der Waals surface area (Å²) in [4.78, 5) is 11.1. The second kappa shape index (κ2) is 3.65. The summed E-state index contributed by atoms with van der Waals surface area (Å²) in [6.45, 7) is 0. The van der Waals surface area contributed by atoms with Gasteiger partial charge in [-0.05, 0) is 30.3 Å². The maximum absolute atomic E-state index is 12.7. The molecule has 0 N–H and O–H groups in total. The molecule has 1 heterocycles. The molecule has 0 radical (unpaired) electrons. The molecule has 0 fully saturated rings. The van der Waals surface area contributed by atoms with Gasteiger partial charge in [0.25, 0.3) is 5.56 Å². The Morgan fingerprint density at radius 3 is 2.40 bits per heavy atom. The van der Waals surface area contributed by atoms with E-state index < -0.39 is 0 Å². The van der Waals surface area contributed by atoms with Crippen LogP contribution in [0.3, 0.4) is 0 Å². The van der Waals surface area contributed by atoms with Gasteiger partial charge in [0.2, 0.25) is 0 Å². The molecule has 0 aliphatic rings. The van der Waals surface area contributed by atoms with Gasteiger partial charge in [-0.15, -0.1) is 0 Å². The number of hydrogen-bond acceptors (Lipinski definition) is 2. The standard InChI is InChI=1S/C11H9FN2O/c1-14-11(15)7-6-10(13-14)8-2-4-9(12)5-3-8/h2-7H,1H3. The number of halogens is 1. The summed E-state index contributed by atoms with van der Waals surface area (Å²) in [5, 5.41) is 4.05. The van der Waals surface area contributed by atoms with Gasteiger partial charge in [0.1, 0.15) is 5.82 Å². The van der Waals surface area contributed by atoms with E-state index in [-0.39, 0.29) is 11.4 Å². The Bertz CT molecular complexity index is 531. The van der Waals surface area contributed by atoms with Crippen molar-refractivity contribution in [1.29, 1.82) is 0 Å². The Labute approximate surface area is 85.8 Å². The van der Waals surface area contributed by atoms with E-state index in [9.17, 15) is 9.18 Å². The van der Waals surface area contributed by atoms with Gasteiger partial charge >= 0.3 is 0 Å². The number of nitrogens with zero attached hydrogens (tertiary/aromatic N) is 2. The van der Waals surface area contributed by atoms with Crippen molar-refractivity contribution in [3.8, 4) is 11.3 Å². The first-order valence-corrected chi connectivity index (χ1v) is 4.47. The summed E-state index contributed by atoms with van der Waals surface area (Å²) < 4.78 is 13.9. The molecule has 15 heavy (non-hydrogen) atoms. The number of aryl methyl sites for hydroxylation is 1. The van der Waals surface area contributed by atoms with E-state index in [1.165, 1.54) is 22.9 Å². The lowest BCUT2D eigenvalue weighted by molar-refractivity contribution is 0.628. The smallest absolute Gasteiger partial charge is 0.266 e. The summed E-state index contributed by atoms with van der Waals surface area (Å²) >= 11 is 0. The van der Waals surface area contributed by atoms with Crippen LogP contribution in [0.15, 0.2) is 41.2 Å². The lowest BCUT2D eigenvalue weighted by Crippen LogP contribution is -2.18. The highest BCUT2D eigenvalue weighted by molar-refractivity contribution is 5.57. The van der Waals surface area contributed by atoms with E-state index in [1.807, 2.05) is 0 Å². The SMILES string of the molecule is Cn1nc(-c2ccc(F)cc2)ccc1=O. The largest absolute Gasteiger partial charge is 0.268 e. The predicted molar refractivity (Wildman–Crippen MR) is 54.9 cm³/mol. The van der Waals surface area contributed by atoms with Gasteiger partial charge in [0.15, 0.2) is 0 Å². The summed E-state index contributed by atoms with van der Waals surface area (Å²) in [6.07, 6.45) is 0. The first kappa shape index (κ1) is 9.58.